The van der Waals surface area contributed by atoms with Gasteiger partial charge >= 0.3 is 0 Å². The molecule has 0 unspecified atom stereocenters. The van der Waals surface area contributed by atoms with Crippen molar-refractivity contribution in [3.05, 3.63) is 29.6 Å². The topological polar surface area (TPSA) is 45.8 Å². The minimum Gasteiger partial charge on any atom is -0.342 e. The standard InChI is InChI=1S/C10H10N2O.C2H6/c1-6(13)8-3-4-9-10(5-8)12-7(2)11-9;1-2/h3-5H,1-2H3,(H,11,12);1-2H3. The van der Waals surface area contributed by atoms with E-state index in [9.17, 15) is 4.79 Å². The van der Waals surface area contributed by atoms with Gasteiger partial charge in [-0.3, -0.25) is 4.79 Å². The van der Waals surface area contributed by atoms with Crippen molar-refractivity contribution in [1.29, 1.82) is 0 Å². The van der Waals surface area contributed by atoms with E-state index in [-0.39, 0.29) is 5.78 Å². The molecule has 0 atom stereocenters. The molecule has 0 aliphatic heterocycles. The summed E-state index contributed by atoms with van der Waals surface area (Å²) in [6.45, 7) is 7.46. The van der Waals surface area contributed by atoms with Gasteiger partial charge in [0, 0.05) is 5.56 Å². The molecule has 1 aromatic carbocycles. The van der Waals surface area contributed by atoms with Crippen LogP contribution in [0.3, 0.4) is 0 Å². The number of aromatic amines is 1. The second kappa shape index (κ2) is 4.73. The number of Topliss-reactive ketones (excluding diaryl/α,β-unsaturated/α-hetero) is 1. The summed E-state index contributed by atoms with van der Waals surface area (Å²) >= 11 is 0. The molecule has 3 heteroatoms. The zero-order chi connectivity index (χ0) is 11.4. The molecule has 1 N–H and O–H groups in total. The van der Waals surface area contributed by atoms with Crippen LogP contribution in [0.5, 0.6) is 0 Å². The Bertz CT molecular complexity index is 471. The van der Waals surface area contributed by atoms with Crippen molar-refractivity contribution in [2.24, 2.45) is 0 Å². The maximum atomic E-state index is 11.1. The van der Waals surface area contributed by atoms with Gasteiger partial charge in [-0.05, 0) is 32.0 Å². The number of carbonyl (C=O) groups excluding carboxylic acids is 1. The van der Waals surface area contributed by atoms with E-state index in [1.54, 1.807) is 13.0 Å². The second-order valence-corrected chi connectivity index (χ2v) is 3.11. The highest BCUT2D eigenvalue weighted by Gasteiger charge is 2.02. The number of hydrogen-bond acceptors (Lipinski definition) is 2. The third-order valence-electron chi connectivity index (χ3n) is 2.01. The van der Waals surface area contributed by atoms with Gasteiger partial charge in [0.15, 0.2) is 5.78 Å². The van der Waals surface area contributed by atoms with Crippen molar-refractivity contribution >= 4 is 16.8 Å². The maximum absolute atomic E-state index is 11.1. The SMILES string of the molecule is CC.CC(=O)c1ccc2nc(C)[nH]c2c1. The van der Waals surface area contributed by atoms with Gasteiger partial charge in [-0.25, -0.2) is 4.98 Å². The molecule has 0 radical (unpaired) electrons. The van der Waals surface area contributed by atoms with Gasteiger partial charge in [0.05, 0.1) is 11.0 Å². The maximum Gasteiger partial charge on any atom is 0.159 e. The number of aromatic nitrogens is 2. The van der Waals surface area contributed by atoms with Crippen LogP contribution in [0.2, 0.25) is 0 Å². The Morgan fingerprint density at radius 2 is 2.00 bits per heavy atom. The lowest BCUT2D eigenvalue weighted by Gasteiger charge is -1.93. The molecule has 0 saturated heterocycles. The predicted molar refractivity (Wildman–Crippen MR) is 62.2 cm³/mol. The highest BCUT2D eigenvalue weighted by atomic mass is 16.1. The first-order valence-electron chi connectivity index (χ1n) is 5.14. The summed E-state index contributed by atoms with van der Waals surface area (Å²) in [6.07, 6.45) is 0. The average Bonchev–Trinajstić information content (AvgIpc) is 2.59. The number of aryl methyl sites for hydroxylation is 1. The molecular weight excluding hydrogens is 188 g/mol. The summed E-state index contributed by atoms with van der Waals surface area (Å²) in [5.41, 5.74) is 2.55. The van der Waals surface area contributed by atoms with Crippen molar-refractivity contribution in [3.63, 3.8) is 0 Å². The molecule has 0 amide bonds. The zero-order valence-corrected chi connectivity index (χ0v) is 9.59. The van der Waals surface area contributed by atoms with Crippen LogP contribution in [0.15, 0.2) is 18.2 Å². The van der Waals surface area contributed by atoms with Crippen molar-refractivity contribution < 1.29 is 4.79 Å². The molecule has 15 heavy (non-hydrogen) atoms. The van der Waals surface area contributed by atoms with Gasteiger partial charge in [0.1, 0.15) is 5.82 Å². The first kappa shape index (κ1) is 11.4. The number of benzene rings is 1. The lowest BCUT2D eigenvalue weighted by molar-refractivity contribution is 0.101. The minimum absolute atomic E-state index is 0.0779. The van der Waals surface area contributed by atoms with Crippen LogP contribution in [0.25, 0.3) is 11.0 Å². The molecule has 0 aliphatic carbocycles. The van der Waals surface area contributed by atoms with Gasteiger partial charge in [0.25, 0.3) is 0 Å². The van der Waals surface area contributed by atoms with E-state index in [1.807, 2.05) is 32.9 Å². The minimum atomic E-state index is 0.0779. The molecule has 0 bridgehead atoms. The highest BCUT2D eigenvalue weighted by Crippen LogP contribution is 2.13. The lowest BCUT2D eigenvalue weighted by atomic mass is 10.1. The number of hydrogen-bond donors (Lipinski definition) is 1. The third-order valence-corrected chi connectivity index (χ3v) is 2.01. The van der Waals surface area contributed by atoms with Crippen molar-refractivity contribution in [1.82, 2.24) is 9.97 Å². The van der Waals surface area contributed by atoms with Gasteiger partial charge in [-0.15, -0.1) is 0 Å². The van der Waals surface area contributed by atoms with Crippen LogP contribution in [-0.4, -0.2) is 15.8 Å². The first-order valence-corrected chi connectivity index (χ1v) is 5.14. The van der Waals surface area contributed by atoms with Crippen LogP contribution in [-0.2, 0) is 0 Å². The predicted octanol–water partition coefficient (Wildman–Crippen LogP) is 3.10. The van der Waals surface area contributed by atoms with E-state index >= 15 is 0 Å². The Hall–Kier alpha value is -1.64. The summed E-state index contributed by atoms with van der Waals surface area (Å²) in [4.78, 5) is 18.4. The fourth-order valence-electron chi connectivity index (χ4n) is 1.36. The molecule has 0 saturated carbocycles. The Labute approximate surface area is 89.5 Å². The highest BCUT2D eigenvalue weighted by molar-refractivity contribution is 5.97. The number of nitrogens with zero attached hydrogens (tertiary/aromatic N) is 1. The van der Waals surface area contributed by atoms with Crippen molar-refractivity contribution in [2.75, 3.05) is 0 Å². The van der Waals surface area contributed by atoms with E-state index in [0.717, 1.165) is 22.4 Å². The number of nitrogens with one attached hydrogen (secondary N) is 1. The van der Waals surface area contributed by atoms with E-state index in [1.165, 1.54) is 0 Å². The Kier molecular flexibility index (Phi) is 3.61. The van der Waals surface area contributed by atoms with Gasteiger partial charge in [0.2, 0.25) is 0 Å². The smallest absolute Gasteiger partial charge is 0.159 e. The van der Waals surface area contributed by atoms with Crippen LogP contribution in [0.1, 0.15) is 37.0 Å². The fourth-order valence-corrected chi connectivity index (χ4v) is 1.36. The van der Waals surface area contributed by atoms with E-state index in [0.29, 0.717) is 0 Å². The quantitative estimate of drug-likeness (QED) is 0.725. The van der Waals surface area contributed by atoms with Crippen LogP contribution >= 0.6 is 0 Å². The molecule has 1 heterocycles. The Morgan fingerprint density at radius 1 is 1.33 bits per heavy atom. The van der Waals surface area contributed by atoms with Crippen LogP contribution in [0.4, 0.5) is 0 Å². The summed E-state index contributed by atoms with van der Waals surface area (Å²) in [5, 5.41) is 0. The van der Waals surface area contributed by atoms with Crippen LogP contribution in [0, 0.1) is 6.92 Å². The monoisotopic (exact) mass is 204 g/mol. The normalized spacial score (nSPS) is 9.60. The van der Waals surface area contributed by atoms with Gasteiger partial charge in [-0.1, -0.05) is 13.8 Å². The number of imidazole rings is 1. The van der Waals surface area contributed by atoms with Crippen LogP contribution < -0.4 is 0 Å². The van der Waals surface area contributed by atoms with Crippen molar-refractivity contribution in [3.8, 4) is 0 Å². The summed E-state index contributed by atoms with van der Waals surface area (Å²) in [7, 11) is 0. The average molecular weight is 204 g/mol. The number of rotatable bonds is 1. The molecule has 0 aliphatic rings. The number of ketones is 1. The molecule has 80 valence electrons. The van der Waals surface area contributed by atoms with E-state index < -0.39 is 0 Å². The van der Waals surface area contributed by atoms with Gasteiger partial charge < -0.3 is 4.98 Å². The number of carbonyl (C=O) groups is 1. The van der Waals surface area contributed by atoms with Crippen molar-refractivity contribution in [2.45, 2.75) is 27.7 Å². The molecule has 0 spiro atoms. The molecule has 1 aromatic heterocycles. The van der Waals surface area contributed by atoms with E-state index in [2.05, 4.69) is 9.97 Å². The largest absolute Gasteiger partial charge is 0.342 e. The van der Waals surface area contributed by atoms with E-state index in [4.69, 9.17) is 0 Å². The summed E-state index contributed by atoms with van der Waals surface area (Å²) in [5.74, 6) is 0.949. The third kappa shape index (κ3) is 2.43. The summed E-state index contributed by atoms with van der Waals surface area (Å²) < 4.78 is 0. The molecule has 2 rings (SSSR count). The molecule has 3 nitrogen and oxygen atoms in total. The number of fused-ring (bicyclic) bond motifs is 1. The molecular formula is C12H16N2O. The second-order valence-electron chi connectivity index (χ2n) is 3.11. The fraction of sp³-hybridized carbons (Fsp3) is 0.333. The summed E-state index contributed by atoms with van der Waals surface area (Å²) in [6, 6.07) is 5.48. The Morgan fingerprint density at radius 3 is 2.60 bits per heavy atom. The zero-order valence-electron chi connectivity index (χ0n) is 9.59. The number of H-pyrrole nitrogens is 1. The Balaban J connectivity index is 0.000000531. The lowest BCUT2D eigenvalue weighted by Crippen LogP contribution is -1.90. The molecule has 0 fully saturated rings. The molecule has 2 aromatic rings. The first-order chi connectivity index (χ1) is 7.16. The van der Waals surface area contributed by atoms with Gasteiger partial charge in [-0.2, -0.15) is 0 Å².